The quantitative estimate of drug-likeness (QED) is 0.795. The molecule has 10 heteroatoms. The number of rotatable bonds is 4. The maximum absolute atomic E-state index is 13.0. The number of aromatic nitrogens is 2. The normalized spacial score (nSPS) is 24.0. The molecule has 0 amide bonds. The molecule has 0 aliphatic carbocycles. The molecule has 3 heterocycles. The summed E-state index contributed by atoms with van der Waals surface area (Å²) in [6.45, 7) is 4.32. The summed E-state index contributed by atoms with van der Waals surface area (Å²) in [4.78, 5) is 8.87. The summed E-state index contributed by atoms with van der Waals surface area (Å²) < 4.78 is 39.8. The van der Waals surface area contributed by atoms with E-state index < -0.39 is 16.3 Å². The van der Waals surface area contributed by atoms with Gasteiger partial charge in [-0.05, 0) is 6.92 Å². The monoisotopic (exact) mass is 357 g/mol. The molecule has 2 aliphatic heterocycles. The van der Waals surface area contributed by atoms with Gasteiger partial charge in [-0.1, -0.05) is 0 Å². The molecule has 1 aromatic rings. The van der Waals surface area contributed by atoms with E-state index in [4.69, 9.17) is 9.47 Å². The van der Waals surface area contributed by atoms with Crippen LogP contribution in [-0.4, -0.2) is 80.1 Å². The first kappa shape index (κ1) is 17.5. The maximum Gasteiger partial charge on any atom is 0.282 e. The molecule has 0 bridgehead atoms. The number of nitrogens with one attached hydrogen (secondary N) is 1. The average molecular weight is 357 g/mol. The van der Waals surface area contributed by atoms with Crippen molar-refractivity contribution in [2.24, 2.45) is 0 Å². The van der Waals surface area contributed by atoms with Gasteiger partial charge in [0, 0.05) is 38.4 Å². The van der Waals surface area contributed by atoms with Gasteiger partial charge in [0.2, 0.25) is 0 Å². The zero-order chi connectivity index (χ0) is 17.2. The van der Waals surface area contributed by atoms with Crippen molar-refractivity contribution in [3.63, 3.8) is 0 Å². The number of hydrogen-bond donors (Lipinski definition) is 1. The molecule has 0 spiro atoms. The van der Waals surface area contributed by atoms with E-state index in [0.717, 1.165) is 5.69 Å². The SMILES string of the molecule is CNc1cc(C)nc(C2COCCN2S(=O)(=O)N2CCOCC2)n1. The second kappa shape index (κ2) is 7.28. The molecule has 0 radical (unpaired) electrons. The third-order valence-corrected chi connectivity index (χ3v) is 6.15. The van der Waals surface area contributed by atoms with Crippen molar-refractivity contribution in [1.29, 1.82) is 0 Å². The molecule has 0 aromatic carbocycles. The van der Waals surface area contributed by atoms with Crippen molar-refractivity contribution in [3.05, 3.63) is 17.6 Å². The fourth-order valence-electron chi connectivity index (χ4n) is 2.86. The van der Waals surface area contributed by atoms with Crippen molar-refractivity contribution in [2.75, 3.05) is 58.4 Å². The van der Waals surface area contributed by atoms with E-state index in [0.29, 0.717) is 44.6 Å². The molecule has 2 aliphatic rings. The second-order valence-electron chi connectivity index (χ2n) is 5.72. The third-order valence-electron chi connectivity index (χ3n) is 4.10. The summed E-state index contributed by atoms with van der Waals surface area (Å²) in [5, 5.41) is 2.98. The van der Waals surface area contributed by atoms with E-state index in [1.807, 2.05) is 13.0 Å². The average Bonchev–Trinajstić information content (AvgIpc) is 2.62. The first-order valence-electron chi connectivity index (χ1n) is 7.98. The standard InChI is InChI=1S/C14H23N5O4S/c1-11-9-13(15-2)17-14(16-11)12-10-23-8-5-19(12)24(20,21)18-3-6-22-7-4-18/h9,12H,3-8,10H2,1-2H3,(H,15,16,17). The van der Waals surface area contributed by atoms with Gasteiger partial charge in [0.25, 0.3) is 10.2 Å². The van der Waals surface area contributed by atoms with Crippen molar-refractivity contribution in [3.8, 4) is 0 Å². The van der Waals surface area contributed by atoms with E-state index >= 15 is 0 Å². The van der Waals surface area contributed by atoms with E-state index in [9.17, 15) is 8.42 Å². The largest absolute Gasteiger partial charge is 0.379 e. The minimum Gasteiger partial charge on any atom is -0.379 e. The van der Waals surface area contributed by atoms with Gasteiger partial charge in [-0.15, -0.1) is 0 Å². The molecule has 3 rings (SSSR count). The number of morpholine rings is 2. The van der Waals surface area contributed by atoms with Crippen LogP contribution in [0.1, 0.15) is 17.6 Å². The predicted molar refractivity (Wildman–Crippen MR) is 87.9 cm³/mol. The molecular formula is C14H23N5O4S. The van der Waals surface area contributed by atoms with Gasteiger partial charge in [0.15, 0.2) is 5.82 Å². The third kappa shape index (κ3) is 3.52. The minimum absolute atomic E-state index is 0.246. The van der Waals surface area contributed by atoms with Gasteiger partial charge < -0.3 is 14.8 Å². The van der Waals surface area contributed by atoms with Gasteiger partial charge in [-0.2, -0.15) is 17.0 Å². The predicted octanol–water partition coefficient (Wildman–Crippen LogP) is -0.223. The zero-order valence-corrected chi connectivity index (χ0v) is 14.8. The van der Waals surface area contributed by atoms with Crippen LogP contribution in [-0.2, 0) is 19.7 Å². The summed E-state index contributed by atoms with van der Waals surface area (Å²) >= 11 is 0. The Bertz CT molecular complexity index is 678. The Balaban J connectivity index is 1.92. The highest BCUT2D eigenvalue weighted by molar-refractivity contribution is 7.86. The number of ether oxygens (including phenoxy) is 2. The van der Waals surface area contributed by atoms with E-state index in [1.54, 1.807) is 7.05 Å². The van der Waals surface area contributed by atoms with Gasteiger partial charge in [0.1, 0.15) is 11.9 Å². The lowest BCUT2D eigenvalue weighted by Gasteiger charge is -2.38. The number of nitrogens with zero attached hydrogens (tertiary/aromatic N) is 4. The Morgan fingerprint density at radius 3 is 2.58 bits per heavy atom. The fourth-order valence-corrected chi connectivity index (χ4v) is 4.55. The van der Waals surface area contributed by atoms with Crippen molar-refractivity contribution in [1.82, 2.24) is 18.6 Å². The lowest BCUT2D eigenvalue weighted by Crippen LogP contribution is -2.53. The van der Waals surface area contributed by atoms with Gasteiger partial charge in [-0.3, -0.25) is 0 Å². The van der Waals surface area contributed by atoms with Crippen LogP contribution >= 0.6 is 0 Å². The highest BCUT2D eigenvalue weighted by Gasteiger charge is 2.39. The van der Waals surface area contributed by atoms with Crippen molar-refractivity contribution in [2.45, 2.75) is 13.0 Å². The van der Waals surface area contributed by atoms with Crippen molar-refractivity contribution >= 4 is 16.0 Å². The first-order valence-corrected chi connectivity index (χ1v) is 9.38. The van der Waals surface area contributed by atoms with Crippen LogP contribution in [0.4, 0.5) is 5.82 Å². The molecule has 24 heavy (non-hydrogen) atoms. The molecule has 134 valence electrons. The van der Waals surface area contributed by atoms with Crippen LogP contribution in [0.3, 0.4) is 0 Å². The molecule has 2 fully saturated rings. The van der Waals surface area contributed by atoms with E-state index in [2.05, 4.69) is 15.3 Å². The summed E-state index contributed by atoms with van der Waals surface area (Å²) in [7, 11) is -1.84. The highest BCUT2D eigenvalue weighted by atomic mass is 32.2. The van der Waals surface area contributed by atoms with Gasteiger partial charge >= 0.3 is 0 Å². The van der Waals surface area contributed by atoms with Crippen molar-refractivity contribution < 1.29 is 17.9 Å². The lowest BCUT2D eigenvalue weighted by molar-refractivity contribution is 0.0210. The Morgan fingerprint density at radius 2 is 1.88 bits per heavy atom. The second-order valence-corrected chi connectivity index (χ2v) is 7.60. The topological polar surface area (TPSA) is 96.9 Å². The lowest BCUT2D eigenvalue weighted by atomic mass is 10.2. The Hall–Kier alpha value is -1.33. The Morgan fingerprint density at radius 1 is 1.17 bits per heavy atom. The van der Waals surface area contributed by atoms with Crippen LogP contribution in [0, 0.1) is 6.92 Å². The molecule has 1 aromatic heterocycles. The minimum atomic E-state index is -3.61. The molecule has 9 nitrogen and oxygen atoms in total. The van der Waals surface area contributed by atoms with E-state index in [1.165, 1.54) is 8.61 Å². The molecule has 2 saturated heterocycles. The van der Waals surface area contributed by atoms with Gasteiger partial charge in [-0.25, -0.2) is 9.97 Å². The molecule has 0 saturated carbocycles. The van der Waals surface area contributed by atoms with E-state index in [-0.39, 0.29) is 13.2 Å². The van der Waals surface area contributed by atoms with Crippen LogP contribution in [0.2, 0.25) is 0 Å². The van der Waals surface area contributed by atoms with Gasteiger partial charge in [0.05, 0.1) is 26.4 Å². The highest BCUT2D eigenvalue weighted by Crippen LogP contribution is 2.27. The fraction of sp³-hybridized carbons (Fsp3) is 0.714. The number of anilines is 1. The smallest absolute Gasteiger partial charge is 0.282 e. The Labute approximate surface area is 142 Å². The molecule has 1 unspecified atom stereocenters. The first-order chi connectivity index (χ1) is 11.5. The molecule has 1 atom stereocenters. The summed E-state index contributed by atoms with van der Waals surface area (Å²) in [6, 6.07) is 1.28. The van der Waals surface area contributed by atoms with Crippen LogP contribution in [0.5, 0.6) is 0 Å². The number of hydrogen-bond acceptors (Lipinski definition) is 7. The molecular weight excluding hydrogens is 334 g/mol. The van der Waals surface area contributed by atoms with Crippen LogP contribution in [0.25, 0.3) is 0 Å². The summed E-state index contributed by atoms with van der Waals surface area (Å²) in [5.74, 6) is 1.11. The summed E-state index contributed by atoms with van der Waals surface area (Å²) in [5.41, 5.74) is 0.777. The number of aryl methyl sites for hydroxylation is 1. The molecule has 1 N–H and O–H groups in total. The summed E-state index contributed by atoms with van der Waals surface area (Å²) in [6.07, 6.45) is 0. The van der Waals surface area contributed by atoms with Crippen LogP contribution < -0.4 is 5.32 Å². The zero-order valence-electron chi connectivity index (χ0n) is 13.9. The Kier molecular flexibility index (Phi) is 5.30. The maximum atomic E-state index is 13.0. The van der Waals surface area contributed by atoms with Crippen LogP contribution in [0.15, 0.2) is 6.07 Å².